The first-order valence-electron chi connectivity index (χ1n) is 4.12. The van der Waals surface area contributed by atoms with Crippen LogP contribution in [0.25, 0.3) is 6.08 Å². The smallest absolute Gasteiger partial charge is 0.0576 e. The zero-order valence-corrected chi connectivity index (χ0v) is 7.33. The first-order valence-corrected chi connectivity index (χ1v) is 4.12. The third-order valence-electron chi connectivity index (χ3n) is 1.86. The first kappa shape index (κ1) is 8.94. The molecule has 1 rings (SSSR count). The lowest BCUT2D eigenvalue weighted by Gasteiger charge is -2.07. The highest BCUT2D eigenvalue weighted by atomic mass is 14.8. The maximum Gasteiger partial charge on any atom is 0.0576 e. The van der Waals surface area contributed by atoms with Crippen LogP contribution in [0, 0.1) is 0 Å². The molecule has 1 unspecified atom stereocenters. The van der Waals surface area contributed by atoms with Crippen molar-refractivity contribution in [1.29, 1.82) is 0 Å². The Bertz CT molecular complexity index is 268. The SMILES string of the molecule is C=Cc1ccnc(C(N)CC)c1. The molecule has 0 fully saturated rings. The van der Waals surface area contributed by atoms with E-state index in [0.717, 1.165) is 17.7 Å². The van der Waals surface area contributed by atoms with E-state index < -0.39 is 0 Å². The predicted molar refractivity (Wildman–Crippen MR) is 51.5 cm³/mol. The lowest BCUT2D eigenvalue weighted by molar-refractivity contribution is 0.675. The monoisotopic (exact) mass is 162 g/mol. The Hall–Kier alpha value is -1.15. The molecule has 0 spiro atoms. The van der Waals surface area contributed by atoms with Crippen molar-refractivity contribution >= 4 is 6.08 Å². The topological polar surface area (TPSA) is 38.9 Å². The van der Waals surface area contributed by atoms with E-state index in [-0.39, 0.29) is 6.04 Å². The van der Waals surface area contributed by atoms with Gasteiger partial charge in [-0.2, -0.15) is 0 Å². The summed E-state index contributed by atoms with van der Waals surface area (Å²) in [6, 6.07) is 3.94. The van der Waals surface area contributed by atoms with Crippen molar-refractivity contribution in [1.82, 2.24) is 4.98 Å². The van der Waals surface area contributed by atoms with E-state index >= 15 is 0 Å². The van der Waals surface area contributed by atoms with Crippen molar-refractivity contribution in [2.75, 3.05) is 0 Å². The molecule has 1 atom stereocenters. The van der Waals surface area contributed by atoms with Crippen LogP contribution in [0.3, 0.4) is 0 Å². The van der Waals surface area contributed by atoms with Gasteiger partial charge in [-0.05, 0) is 24.1 Å². The number of pyridine rings is 1. The van der Waals surface area contributed by atoms with E-state index in [1.165, 1.54) is 0 Å². The van der Waals surface area contributed by atoms with E-state index in [0.29, 0.717) is 0 Å². The van der Waals surface area contributed by atoms with Crippen molar-refractivity contribution in [2.45, 2.75) is 19.4 Å². The van der Waals surface area contributed by atoms with Crippen LogP contribution in [0.1, 0.15) is 30.6 Å². The van der Waals surface area contributed by atoms with Gasteiger partial charge in [-0.1, -0.05) is 19.6 Å². The number of nitrogens with zero attached hydrogens (tertiary/aromatic N) is 1. The van der Waals surface area contributed by atoms with Crippen LogP contribution in [0.5, 0.6) is 0 Å². The molecule has 2 nitrogen and oxygen atoms in total. The maximum atomic E-state index is 5.82. The third kappa shape index (κ3) is 1.92. The molecular formula is C10H14N2. The summed E-state index contributed by atoms with van der Waals surface area (Å²) in [7, 11) is 0. The lowest BCUT2D eigenvalue weighted by atomic mass is 10.1. The fourth-order valence-electron chi connectivity index (χ4n) is 1.00. The molecule has 1 aromatic rings. The molecule has 0 aromatic carbocycles. The second-order valence-corrected chi connectivity index (χ2v) is 2.73. The molecule has 1 aromatic heterocycles. The maximum absolute atomic E-state index is 5.82. The van der Waals surface area contributed by atoms with Gasteiger partial charge in [0.25, 0.3) is 0 Å². The fourth-order valence-corrected chi connectivity index (χ4v) is 1.00. The van der Waals surface area contributed by atoms with Gasteiger partial charge in [0.05, 0.1) is 5.69 Å². The van der Waals surface area contributed by atoms with Crippen LogP contribution in [0.2, 0.25) is 0 Å². The van der Waals surface area contributed by atoms with Crippen LogP contribution in [-0.4, -0.2) is 4.98 Å². The van der Waals surface area contributed by atoms with Gasteiger partial charge in [-0.3, -0.25) is 4.98 Å². The number of hydrogen-bond donors (Lipinski definition) is 1. The van der Waals surface area contributed by atoms with E-state index in [2.05, 4.69) is 11.6 Å². The highest BCUT2D eigenvalue weighted by Crippen LogP contribution is 2.12. The zero-order valence-electron chi connectivity index (χ0n) is 7.33. The Morgan fingerprint density at radius 1 is 1.75 bits per heavy atom. The summed E-state index contributed by atoms with van der Waals surface area (Å²) >= 11 is 0. The zero-order chi connectivity index (χ0) is 8.97. The summed E-state index contributed by atoms with van der Waals surface area (Å²) in [5.41, 5.74) is 7.83. The highest BCUT2D eigenvalue weighted by molar-refractivity contribution is 5.46. The minimum atomic E-state index is 0.0462. The average molecular weight is 162 g/mol. The molecule has 0 saturated heterocycles. The Labute approximate surface area is 73.1 Å². The van der Waals surface area contributed by atoms with Crippen LogP contribution >= 0.6 is 0 Å². The fraction of sp³-hybridized carbons (Fsp3) is 0.300. The van der Waals surface area contributed by atoms with Crippen molar-refractivity contribution in [2.24, 2.45) is 5.73 Å². The molecule has 0 saturated carbocycles. The van der Waals surface area contributed by atoms with Crippen molar-refractivity contribution in [3.8, 4) is 0 Å². The Kier molecular flexibility index (Phi) is 3.00. The van der Waals surface area contributed by atoms with Gasteiger partial charge in [0.1, 0.15) is 0 Å². The molecular weight excluding hydrogens is 148 g/mol. The van der Waals surface area contributed by atoms with Crippen LogP contribution < -0.4 is 5.73 Å². The van der Waals surface area contributed by atoms with Crippen molar-refractivity contribution in [3.05, 3.63) is 36.2 Å². The van der Waals surface area contributed by atoms with E-state index in [1.54, 1.807) is 12.3 Å². The first-order chi connectivity index (χ1) is 5.77. The molecule has 0 radical (unpaired) electrons. The molecule has 2 heteroatoms. The van der Waals surface area contributed by atoms with Gasteiger partial charge in [0, 0.05) is 12.2 Å². The second-order valence-electron chi connectivity index (χ2n) is 2.73. The van der Waals surface area contributed by atoms with Crippen molar-refractivity contribution < 1.29 is 0 Å². The van der Waals surface area contributed by atoms with E-state index in [1.807, 2.05) is 19.1 Å². The summed E-state index contributed by atoms with van der Waals surface area (Å²) in [6.45, 7) is 5.74. The molecule has 0 amide bonds. The van der Waals surface area contributed by atoms with Crippen LogP contribution in [0.4, 0.5) is 0 Å². The van der Waals surface area contributed by atoms with Crippen LogP contribution in [0.15, 0.2) is 24.9 Å². The standard InChI is InChI=1S/C10H14N2/c1-3-8-5-6-12-10(7-8)9(11)4-2/h3,5-7,9H,1,4,11H2,2H3. The quantitative estimate of drug-likeness (QED) is 0.739. The molecule has 0 aliphatic carbocycles. The second kappa shape index (κ2) is 4.02. The highest BCUT2D eigenvalue weighted by Gasteiger charge is 2.03. The van der Waals surface area contributed by atoms with E-state index in [9.17, 15) is 0 Å². The largest absolute Gasteiger partial charge is 0.323 e. The van der Waals surface area contributed by atoms with Gasteiger partial charge in [0.2, 0.25) is 0 Å². The molecule has 2 N–H and O–H groups in total. The molecule has 0 aliphatic rings. The number of aromatic nitrogens is 1. The third-order valence-corrected chi connectivity index (χ3v) is 1.86. The Balaban J connectivity index is 2.93. The number of rotatable bonds is 3. The van der Waals surface area contributed by atoms with Gasteiger partial charge in [0.15, 0.2) is 0 Å². The molecule has 0 aliphatic heterocycles. The van der Waals surface area contributed by atoms with E-state index in [4.69, 9.17) is 5.73 Å². The minimum Gasteiger partial charge on any atom is -0.323 e. The van der Waals surface area contributed by atoms with Crippen molar-refractivity contribution in [3.63, 3.8) is 0 Å². The summed E-state index contributed by atoms with van der Waals surface area (Å²) in [5, 5.41) is 0. The molecule has 12 heavy (non-hydrogen) atoms. The summed E-state index contributed by atoms with van der Waals surface area (Å²) in [4.78, 5) is 4.19. The summed E-state index contributed by atoms with van der Waals surface area (Å²) < 4.78 is 0. The van der Waals surface area contributed by atoms with Gasteiger partial charge in [-0.25, -0.2) is 0 Å². The average Bonchev–Trinajstić information content (AvgIpc) is 2.17. The lowest BCUT2D eigenvalue weighted by Crippen LogP contribution is -2.10. The Morgan fingerprint density at radius 2 is 2.50 bits per heavy atom. The van der Waals surface area contributed by atoms with Gasteiger partial charge in [-0.15, -0.1) is 0 Å². The van der Waals surface area contributed by atoms with Gasteiger partial charge >= 0.3 is 0 Å². The normalized spacial score (nSPS) is 12.5. The van der Waals surface area contributed by atoms with Crippen LogP contribution in [-0.2, 0) is 0 Å². The summed E-state index contributed by atoms with van der Waals surface area (Å²) in [5.74, 6) is 0. The molecule has 64 valence electrons. The molecule has 1 heterocycles. The Morgan fingerprint density at radius 3 is 3.08 bits per heavy atom. The minimum absolute atomic E-state index is 0.0462. The number of nitrogens with two attached hydrogens (primary N) is 1. The molecule has 0 bridgehead atoms. The predicted octanol–water partition coefficient (Wildman–Crippen LogP) is 2.13. The number of hydrogen-bond acceptors (Lipinski definition) is 2. The van der Waals surface area contributed by atoms with Gasteiger partial charge < -0.3 is 5.73 Å². The summed E-state index contributed by atoms with van der Waals surface area (Å²) in [6.07, 6.45) is 4.48.